The topological polar surface area (TPSA) is 37.8 Å². The van der Waals surface area contributed by atoms with E-state index in [2.05, 4.69) is 15.5 Å². The summed E-state index contributed by atoms with van der Waals surface area (Å²) in [6, 6.07) is 5.46. The van der Waals surface area contributed by atoms with E-state index in [1.165, 1.54) is 29.2 Å². The summed E-state index contributed by atoms with van der Waals surface area (Å²) in [5, 5.41) is 11.4. The fourth-order valence-electron chi connectivity index (χ4n) is 1.53. The normalized spacial score (nSPS) is 11.2. The molecule has 0 unspecified atom stereocenters. The molecule has 0 aliphatic rings. The van der Waals surface area contributed by atoms with Crippen molar-refractivity contribution in [1.29, 1.82) is 0 Å². The largest absolute Gasteiger partial charge is 0.310 e. The number of thioether (sulfide) groups is 1. The molecule has 7 heteroatoms. The van der Waals surface area contributed by atoms with Crippen LogP contribution in [0, 0.1) is 5.82 Å². The number of rotatable bonds is 6. The highest BCUT2D eigenvalue weighted by atomic mass is 32.2. The minimum absolute atomic E-state index is 0.183. The smallest absolute Gasteiger partial charge is 0.179 e. The second kappa shape index (κ2) is 7.40. The summed E-state index contributed by atoms with van der Waals surface area (Å²) in [6.45, 7) is 4.60. The van der Waals surface area contributed by atoms with Crippen molar-refractivity contribution < 1.29 is 4.39 Å². The Morgan fingerprint density at radius 2 is 2.05 bits per heavy atom. The van der Waals surface area contributed by atoms with E-state index in [1.54, 1.807) is 17.8 Å². The molecule has 0 saturated heterocycles. The number of hydrogen-bond donors (Lipinski definition) is 1. The Morgan fingerprint density at radius 1 is 1.30 bits per heavy atom. The van der Waals surface area contributed by atoms with Gasteiger partial charge in [-0.25, -0.2) is 4.39 Å². The van der Waals surface area contributed by atoms with E-state index in [-0.39, 0.29) is 5.82 Å². The number of aromatic nitrogens is 2. The van der Waals surface area contributed by atoms with Gasteiger partial charge in [0.2, 0.25) is 0 Å². The van der Waals surface area contributed by atoms with Gasteiger partial charge < -0.3 is 5.32 Å². The van der Waals surface area contributed by atoms with Crippen molar-refractivity contribution in [3.63, 3.8) is 0 Å². The van der Waals surface area contributed by atoms with Gasteiger partial charge in [-0.2, -0.15) is 0 Å². The van der Waals surface area contributed by atoms with E-state index >= 15 is 0 Å². The summed E-state index contributed by atoms with van der Waals surface area (Å²) in [4.78, 5) is 0.891. The van der Waals surface area contributed by atoms with Crippen molar-refractivity contribution in [2.75, 3.05) is 6.26 Å². The lowest BCUT2D eigenvalue weighted by molar-refractivity contribution is 0.546. The van der Waals surface area contributed by atoms with Gasteiger partial charge in [0.1, 0.15) is 5.82 Å². The van der Waals surface area contributed by atoms with Gasteiger partial charge in [-0.05, 0) is 18.4 Å². The maximum atomic E-state index is 14.0. The van der Waals surface area contributed by atoms with E-state index in [4.69, 9.17) is 0 Å². The molecular formula is C13H16FN3S3. The number of benzene rings is 1. The minimum Gasteiger partial charge on any atom is -0.310 e. The number of nitrogens with zero attached hydrogens (tertiary/aromatic N) is 2. The molecule has 2 aromatic rings. The minimum atomic E-state index is -0.183. The van der Waals surface area contributed by atoms with Crippen LogP contribution in [-0.2, 0) is 6.54 Å². The molecule has 20 heavy (non-hydrogen) atoms. The Labute approximate surface area is 130 Å². The first kappa shape index (κ1) is 15.8. The summed E-state index contributed by atoms with van der Waals surface area (Å²) in [5.74, 6) is -0.183. The van der Waals surface area contributed by atoms with Crippen LogP contribution in [0.15, 0.2) is 31.8 Å². The molecule has 108 valence electrons. The van der Waals surface area contributed by atoms with Crippen molar-refractivity contribution >= 4 is 34.9 Å². The van der Waals surface area contributed by atoms with Gasteiger partial charge in [0.15, 0.2) is 8.68 Å². The van der Waals surface area contributed by atoms with Crippen LogP contribution < -0.4 is 5.32 Å². The SMILES string of the molecule is CSc1nnc(Sc2cccc(F)c2CNC(C)C)s1. The fourth-order valence-corrected chi connectivity index (χ4v) is 4.07. The Hall–Kier alpha value is -0.630. The van der Waals surface area contributed by atoms with Crippen LogP contribution in [0.3, 0.4) is 0 Å². The standard InChI is InChI=1S/C13H16FN3S3/c1-8(2)15-7-9-10(14)5-4-6-11(9)19-13-17-16-12(18-3)20-13/h4-6,8,15H,7H2,1-3H3. The predicted octanol–water partition coefficient (Wildman–Crippen LogP) is 4.05. The summed E-state index contributed by atoms with van der Waals surface area (Å²) in [7, 11) is 0. The van der Waals surface area contributed by atoms with Gasteiger partial charge >= 0.3 is 0 Å². The van der Waals surface area contributed by atoms with E-state index in [0.29, 0.717) is 18.2 Å². The Balaban J connectivity index is 2.19. The molecule has 1 heterocycles. The lowest BCUT2D eigenvalue weighted by Crippen LogP contribution is -2.22. The van der Waals surface area contributed by atoms with Gasteiger partial charge in [-0.1, -0.05) is 54.8 Å². The van der Waals surface area contributed by atoms with Gasteiger partial charge in [0.05, 0.1) is 0 Å². The molecule has 0 saturated carbocycles. The number of hydrogen-bond acceptors (Lipinski definition) is 6. The maximum absolute atomic E-state index is 14.0. The van der Waals surface area contributed by atoms with Crippen molar-refractivity contribution in [3.8, 4) is 0 Å². The summed E-state index contributed by atoms with van der Waals surface area (Å²) in [5.41, 5.74) is 0.687. The molecule has 0 bridgehead atoms. The van der Waals surface area contributed by atoms with Crippen LogP contribution in [0.4, 0.5) is 4.39 Å². The summed E-state index contributed by atoms with van der Waals surface area (Å²) in [6.07, 6.45) is 1.97. The highest BCUT2D eigenvalue weighted by Gasteiger charge is 2.12. The van der Waals surface area contributed by atoms with Crippen LogP contribution in [0.1, 0.15) is 19.4 Å². The second-order valence-electron chi connectivity index (χ2n) is 4.39. The lowest BCUT2D eigenvalue weighted by atomic mass is 10.2. The van der Waals surface area contributed by atoms with Crippen molar-refractivity contribution in [2.24, 2.45) is 0 Å². The van der Waals surface area contributed by atoms with Gasteiger partial charge in [0.25, 0.3) is 0 Å². The van der Waals surface area contributed by atoms with E-state index in [1.807, 2.05) is 26.2 Å². The van der Waals surface area contributed by atoms with Crippen molar-refractivity contribution in [3.05, 3.63) is 29.6 Å². The third-order valence-electron chi connectivity index (χ3n) is 2.52. The molecule has 0 aliphatic carbocycles. The average molecular weight is 329 g/mol. The Morgan fingerprint density at radius 3 is 2.70 bits per heavy atom. The van der Waals surface area contributed by atoms with Crippen LogP contribution in [0.2, 0.25) is 0 Å². The maximum Gasteiger partial charge on any atom is 0.179 e. The molecule has 1 aromatic carbocycles. The quantitative estimate of drug-likeness (QED) is 0.809. The molecular weight excluding hydrogens is 313 g/mol. The first-order chi connectivity index (χ1) is 9.60. The molecule has 1 aromatic heterocycles. The molecule has 0 amide bonds. The van der Waals surface area contributed by atoms with E-state index in [0.717, 1.165) is 13.6 Å². The molecule has 0 atom stereocenters. The zero-order valence-electron chi connectivity index (χ0n) is 11.5. The Bertz CT molecular complexity index is 572. The Kier molecular flexibility index (Phi) is 5.83. The van der Waals surface area contributed by atoms with Crippen LogP contribution in [-0.4, -0.2) is 22.5 Å². The molecule has 0 aliphatic heterocycles. The first-order valence-electron chi connectivity index (χ1n) is 6.16. The van der Waals surface area contributed by atoms with Gasteiger partial charge in [0, 0.05) is 23.0 Å². The molecule has 0 fully saturated rings. The zero-order chi connectivity index (χ0) is 14.5. The third kappa shape index (κ3) is 4.18. The van der Waals surface area contributed by atoms with E-state index < -0.39 is 0 Å². The van der Waals surface area contributed by atoms with Crippen molar-refractivity contribution in [2.45, 2.75) is 40.0 Å². The fraction of sp³-hybridized carbons (Fsp3) is 0.385. The van der Waals surface area contributed by atoms with Gasteiger partial charge in [-0.3, -0.25) is 0 Å². The van der Waals surface area contributed by atoms with Crippen LogP contribution in [0.5, 0.6) is 0 Å². The second-order valence-corrected chi connectivity index (χ2v) is 7.71. The number of nitrogens with one attached hydrogen (secondary N) is 1. The molecule has 0 radical (unpaired) electrons. The number of halogens is 1. The molecule has 3 nitrogen and oxygen atoms in total. The lowest BCUT2D eigenvalue weighted by Gasteiger charge is -2.12. The molecule has 0 spiro atoms. The predicted molar refractivity (Wildman–Crippen MR) is 84.2 cm³/mol. The van der Waals surface area contributed by atoms with Crippen LogP contribution in [0.25, 0.3) is 0 Å². The third-order valence-corrected chi connectivity index (χ3v) is 5.57. The summed E-state index contributed by atoms with van der Waals surface area (Å²) < 4.78 is 15.7. The molecule has 1 N–H and O–H groups in total. The highest BCUT2D eigenvalue weighted by Crippen LogP contribution is 2.35. The van der Waals surface area contributed by atoms with E-state index in [9.17, 15) is 4.39 Å². The highest BCUT2D eigenvalue weighted by molar-refractivity contribution is 8.03. The van der Waals surface area contributed by atoms with Crippen LogP contribution >= 0.6 is 34.9 Å². The zero-order valence-corrected chi connectivity index (χ0v) is 14.0. The van der Waals surface area contributed by atoms with Crippen molar-refractivity contribution in [1.82, 2.24) is 15.5 Å². The monoisotopic (exact) mass is 329 g/mol. The van der Waals surface area contributed by atoms with Gasteiger partial charge in [-0.15, -0.1) is 10.2 Å². The molecule has 2 rings (SSSR count). The first-order valence-corrected chi connectivity index (χ1v) is 9.02. The average Bonchev–Trinajstić information content (AvgIpc) is 2.85. The summed E-state index contributed by atoms with van der Waals surface area (Å²) >= 11 is 4.56.